The quantitative estimate of drug-likeness (QED) is 0.0191. The number of amides is 6. The summed E-state index contributed by atoms with van der Waals surface area (Å²) in [6, 6.07) is 89.7. The summed E-state index contributed by atoms with van der Waals surface area (Å²) >= 11 is 6.14. The Morgan fingerprint density at radius 1 is 0.377 bits per heavy atom. The minimum Gasteiger partial charge on any atom is -0.351 e. The molecule has 5 aliphatic rings. The fraction of sp³-hybridized carbons (Fsp3) is 0.387. The van der Waals surface area contributed by atoms with Gasteiger partial charge >= 0.3 is 0 Å². The molecule has 682 valence electrons. The molecule has 18 nitrogen and oxygen atoms in total. The fourth-order valence-corrected chi connectivity index (χ4v) is 18.8. The van der Waals surface area contributed by atoms with Crippen LogP contribution in [0.1, 0.15) is 200 Å². The summed E-state index contributed by atoms with van der Waals surface area (Å²) in [6.07, 6.45) is 18.7. The normalized spacial score (nSPS) is 19.1. The number of carbonyl (C=O) groups is 6. The molecule has 0 saturated carbocycles. The Bertz CT molecular complexity index is 5100. The molecule has 5 heterocycles. The van der Waals surface area contributed by atoms with Crippen LogP contribution in [0.2, 0.25) is 5.02 Å². The van der Waals surface area contributed by atoms with E-state index in [1.807, 2.05) is 126 Å². The van der Waals surface area contributed by atoms with Crippen LogP contribution in [-0.4, -0.2) is 201 Å². The largest absolute Gasteiger partial charge is 0.351 e. The Morgan fingerprint density at radius 3 is 1.02 bits per heavy atom. The van der Waals surface area contributed by atoms with Gasteiger partial charge in [0.05, 0.1) is 18.1 Å². The molecule has 0 unspecified atom stereocenters. The van der Waals surface area contributed by atoms with Crippen LogP contribution >= 0.6 is 11.6 Å². The highest BCUT2D eigenvalue weighted by molar-refractivity contribution is 6.31. The van der Waals surface area contributed by atoms with E-state index in [9.17, 15) is 28.8 Å². The highest BCUT2D eigenvalue weighted by Crippen LogP contribution is 2.33. The van der Waals surface area contributed by atoms with Crippen LogP contribution in [-0.2, 0) is 24.0 Å². The standard InChI is InChI=1S/C39H50N4O2.C38H43ClN4O2.C34H42N4O2/c1-30(2)32-19-16-31(17-20-32)18-21-38(44)40-28-35-22-27-43(39(45)37(41-35)23-26-42-24-10-5-11-25-42)29-36(33-12-6-3-7-13-33)34-14-8-4-9-15-34;39-33-17-16-30-24-32(15-14-31(30)25-33)37(44)40-26-34-18-23-43(38(45)36(41-34)19-22-42-20-8-3-9-21-42)27-35(28-10-4-1-5-11-28)29-12-6-2-7-13-29;1-25(2)27-16-13-26(14-17-27)15-18-33(39)36-23-30-20-22-38(34(40)32(37-30)19-21-35)24-31(28-9-5-3-6-10-28)29-11-7-4-8-12-29/h3-4,6-9,12-21,30,35-37,41H,5,10-11,22-29H2,1-2H3,(H,40,44);1-2,4-7,10-17,24-25,34-36,41H,3,8-9,18-23,26-27H2,(H,40,44);3-18,25,30-32,37H,19-24,35H2,1-2H3,(H,36,39)/b21-18+;;18-15+/t35-,37-;34-,36-;30-,32-/m000/s1. The zero-order valence-electron chi connectivity index (χ0n) is 76.5. The molecule has 0 bridgehead atoms. The lowest BCUT2D eigenvalue weighted by Crippen LogP contribution is -2.50. The van der Waals surface area contributed by atoms with E-state index < -0.39 is 0 Å². The third-order valence-corrected chi connectivity index (χ3v) is 26.5. The van der Waals surface area contributed by atoms with Gasteiger partial charge in [-0.15, -0.1) is 0 Å². The first-order valence-electron chi connectivity index (χ1n) is 47.6. The number of nitrogens with zero attached hydrogens (tertiary/aromatic N) is 5. The zero-order valence-corrected chi connectivity index (χ0v) is 77.3. The molecule has 6 atom stereocenters. The number of fused-ring (bicyclic) bond motifs is 1. The molecule has 6 amide bonds. The van der Waals surface area contributed by atoms with Crippen LogP contribution in [0, 0.1) is 0 Å². The third-order valence-electron chi connectivity index (χ3n) is 26.3. The molecule has 5 saturated heterocycles. The van der Waals surface area contributed by atoms with Crippen LogP contribution in [0.3, 0.4) is 0 Å². The molecule has 0 radical (unpaired) electrons. The molecule has 0 spiro atoms. The average molecular weight is 1770 g/mol. The number of nitrogens with two attached hydrogens (primary N) is 1. The number of likely N-dealkylation sites (tertiary alicyclic amines) is 2. The first-order valence-corrected chi connectivity index (χ1v) is 48.0. The molecule has 130 heavy (non-hydrogen) atoms. The minimum atomic E-state index is -0.378. The Balaban J connectivity index is 0.000000167. The second-order valence-electron chi connectivity index (χ2n) is 36.3. The maximum atomic E-state index is 14.2. The second kappa shape index (κ2) is 50.3. The van der Waals surface area contributed by atoms with Crippen molar-refractivity contribution in [1.29, 1.82) is 0 Å². The van der Waals surface area contributed by atoms with Crippen LogP contribution in [0.5, 0.6) is 0 Å². The van der Waals surface area contributed by atoms with Crippen molar-refractivity contribution in [1.82, 2.24) is 56.4 Å². The Hall–Kier alpha value is -11.2. The molecule has 5 aliphatic heterocycles. The summed E-state index contributed by atoms with van der Waals surface area (Å²) < 4.78 is 0. The minimum absolute atomic E-state index is 0.0135. The van der Waals surface area contributed by atoms with Gasteiger partial charge in [-0.2, -0.15) is 0 Å². The van der Waals surface area contributed by atoms with Gasteiger partial charge in [0.25, 0.3) is 5.91 Å². The van der Waals surface area contributed by atoms with Crippen molar-refractivity contribution in [2.24, 2.45) is 5.73 Å². The molecule has 19 heteroatoms. The molecule has 8 N–H and O–H groups in total. The second-order valence-corrected chi connectivity index (χ2v) is 36.7. The van der Waals surface area contributed by atoms with Crippen molar-refractivity contribution < 1.29 is 28.8 Å². The van der Waals surface area contributed by atoms with Gasteiger partial charge in [-0.3, -0.25) is 28.8 Å². The van der Waals surface area contributed by atoms with Crippen LogP contribution in [0.4, 0.5) is 0 Å². The maximum absolute atomic E-state index is 14.2. The first-order chi connectivity index (χ1) is 63.4. The molecular formula is C111H135ClN12O6. The number of benzene rings is 10. The average Bonchev–Trinajstić information content (AvgIpc) is 1.17. The fourth-order valence-electron chi connectivity index (χ4n) is 18.6. The predicted molar refractivity (Wildman–Crippen MR) is 530 cm³/mol. The van der Waals surface area contributed by atoms with Crippen LogP contribution in [0.25, 0.3) is 22.9 Å². The molecular weight excluding hydrogens is 1630 g/mol. The number of hydrogen-bond donors (Lipinski definition) is 7. The van der Waals surface area contributed by atoms with Gasteiger partial charge in [0.2, 0.25) is 29.5 Å². The Kier molecular flexibility index (Phi) is 37.3. The van der Waals surface area contributed by atoms with E-state index in [0.717, 1.165) is 93.3 Å². The summed E-state index contributed by atoms with van der Waals surface area (Å²) in [6.45, 7) is 20.5. The van der Waals surface area contributed by atoms with Crippen molar-refractivity contribution in [3.8, 4) is 0 Å². The van der Waals surface area contributed by atoms with E-state index >= 15 is 0 Å². The van der Waals surface area contributed by atoms with Gasteiger partial charge in [0.1, 0.15) is 0 Å². The SMILES string of the molecule is CC(C)c1ccc(/C=C/C(=O)NC[C@@H]2CCN(CC(c3ccccc3)c3ccccc3)C(=O)[C@H](CCN)N2)cc1.CC(C)c1ccc(/C=C/C(=O)NC[C@@H]2CCN(CC(c3ccccc3)c3ccccc3)C(=O)[C@H](CCN3CCCCC3)N2)cc1.O=C(NC[C@@H]1CCN(CC(c2ccccc2)c2ccccc2)C(=O)[C@H](CCN2CCCCC2)N1)c1ccc2cc(Cl)ccc2c1. The number of carbonyl (C=O) groups excluding carboxylic acids is 6. The molecule has 5 fully saturated rings. The maximum Gasteiger partial charge on any atom is 0.251 e. The van der Waals surface area contributed by atoms with E-state index in [2.05, 4.69) is 237 Å². The summed E-state index contributed by atoms with van der Waals surface area (Å²) in [7, 11) is 0. The third kappa shape index (κ3) is 29.2. The van der Waals surface area contributed by atoms with E-state index in [1.54, 1.807) is 12.2 Å². The zero-order chi connectivity index (χ0) is 90.8. The predicted octanol–water partition coefficient (Wildman–Crippen LogP) is 17.4. The summed E-state index contributed by atoms with van der Waals surface area (Å²) in [4.78, 5) is 91.8. The topological polar surface area (TPSA) is 217 Å². The first kappa shape index (κ1) is 96.4. The Morgan fingerprint density at radius 2 is 0.692 bits per heavy atom. The van der Waals surface area contributed by atoms with Crippen molar-refractivity contribution in [3.63, 3.8) is 0 Å². The summed E-state index contributed by atoms with van der Waals surface area (Å²) in [5, 5.41) is 22.8. The van der Waals surface area contributed by atoms with Gasteiger partial charge in [0.15, 0.2) is 0 Å². The lowest BCUT2D eigenvalue weighted by Gasteiger charge is -2.31. The number of piperidine rings is 2. The molecule has 10 aromatic rings. The molecule has 10 aromatic carbocycles. The lowest BCUT2D eigenvalue weighted by atomic mass is 9.90. The van der Waals surface area contributed by atoms with Gasteiger partial charge in [-0.1, -0.05) is 295 Å². The smallest absolute Gasteiger partial charge is 0.251 e. The van der Waals surface area contributed by atoms with Gasteiger partial charge in [-0.05, 0) is 212 Å². The Labute approximate surface area is 776 Å². The van der Waals surface area contributed by atoms with E-state index in [4.69, 9.17) is 17.3 Å². The van der Waals surface area contributed by atoms with Gasteiger partial charge in [-0.25, -0.2) is 0 Å². The van der Waals surface area contributed by atoms with E-state index in [1.165, 1.54) is 83.0 Å². The number of rotatable bonds is 33. The highest BCUT2D eigenvalue weighted by Gasteiger charge is 2.37. The molecule has 0 aliphatic carbocycles. The molecule has 15 rings (SSSR count). The van der Waals surface area contributed by atoms with Crippen molar-refractivity contribution >= 4 is 70.0 Å². The van der Waals surface area contributed by atoms with Crippen LogP contribution in [0.15, 0.2) is 279 Å². The van der Waals surface area contributed by atoms with Crippen molar-refractivity contribution in [2.75, 3.05) is 105 Å². The monoisotopic (exact) mass is 1770 g/mol. The molecule has 0 aromatic heterocycles. The van der Waals surface area contributed by atoms with Crippen LogP contribution < -0.4 is 37.6 Å². The van der Waals surface area contributed by atoms with Crippen molar-refractivity contribution in [2.45, 2.75) is 171 Å². The summed E-state index contributed by atoms with van der Waals surface area (Å²) in [5.74, 6) is 1.22. The summed E-state index contributed by atoms with van der Waals surface area (Å²) in [5.41, 5.74) is 18.3. The highest BCUT2D eigenvalue weighted by atomic mass is 35.5. The number of nitrogens with one attached hydrogen (secondary N) is 6. The number of hydrogen-bond acceptors (Lipinski definition) is 12. The lowest BCUT2D eigenvalue weighted by molar-refractivity contribution is -0.133. The van der Waals surface area contributed by atoms with Gasteiger partial charge in [0, 0.05) is 131 Å². The van der Waals surface area contributed by atoms with E-state index in [0.29, 0.717) is 94.3 Å². The number of halogens is 1. The van der Waals surface area contributed by atoms with Crippen molar-refractivity contribution in [3.05, 3.63) is 345 Å². The van der Waals surface area contributed by atoms with Gasteiger partial charge < -0.3 is 62.1 Å². The van der Waals surface area contributed by atoms with E-state index in [-0.39, 0.29) is 89.4 Å².